The van der Waals surface area contributed by atoms with Crippen molar-refractivity contribution >= 4 is 38.1 Å². The van der Waals surface area contributed by atoms with E-state index in [4.69, 9.17) is 12.2 Å². The highest BCUT2D eigenvalue weighted by molar-refractivity contribution is 8.24. The smallest absolute Gasteiger partial charge is 0.153 e. The molecule has 0 aliphatic carbocycles. The van der Waals surface area contributed by atoms with Gasteiger partial charge in [-0.25, -0.2) is 8.42 Å². The lowest BCUT2D eigenvalue weighted by atomic mass is 10.2. The fourth-order valence-corrected chi connectivity index (χ4v) is 6.78. The molecule has 1 aromatic heterocycles. The van der Waals surface area contributed by atoms with Gasteiger partial charge in [0, 0.05) is 24.2 Å². The summed E-state index contributed by atoms with van der Waals surface area (Å²) in [6.07, 6.45) is 3.52. The van der Waals surface area contributed by atoms with Gasteiger partial charge >= 0.3 is 0 Å². The first-order valence-electron chi connectivity index (χ1n) is 5.62. The van der Waals surface area contributed by atoms with Crippen LogP contribution < -0.4 is 0 Å². The maximum absolute atomic E-state index is 11.7. The first kappa shape index (κ1) is 12.4. The van der Waals surface area contributed by atoms with Crippen LogP contribution in [0.3, 0.4) is 0 Å². The SMILES string of the molecule is O=S1(=O)C[C@H]2SC(=S)N(Cc3cccnc3)[C@H]2C1. The third-order valence-electron chi connectivity index (χ3n) is 3.23. The highest BCUT2D eigenvalue weighted by Gasteiger charge is 2.47. The Morgan fingerprint density at radius 1 is 1.50 bits per heavy atom. The molecule has 0 N–H and O–H groups in total. The van der Waals surface area contributed by atoms with Crippen molar-refractivity contribution in [3.8, 4) is 0 Å². The zero-order valence-corrected chi connectivity index (χ0v) is 12.0. The van der Waals surface area contributed by atoms with Gasteiger partial charge in [0.05, 0.1) is 17.5 Å². The Hall–Kier alpha value is -0.660. The summed E-state index contributed by atoms with van der Waals surface area (Å²) in [7, 11) is -2.89. The minimum atomic E-state index is -2.89. The molecule has 1 aromatic rings. The first-order chi connectivity index (χ1) is 8.55. The molecule has 18 heavy (non-hydrogen) atoms. The third kappa shape index (κ3) is 2.26. The van der Waals surface area contributed by atoms with E-state index in [0.29, 0.717) is 6.54 Å². The largest absolute Gasteiger partial charge is 0.348 e. The fourth-order valence-electron chi connectivity index (χ4n) is 2.40. The molecule has 0 spiro atoms. The number of hydrogen-bond donors (Lipinski definition) is 0. The van der Waals surface area contributed by atoms with Crippen LogP contribution in [0.2, 0.25) is 0 Å². The number of aromatic nitrogens is 1. The number of hydrogen-bond acceptors (Lipinski definition) is 5. The van der Waals surface area contributed by atoms with Gasteiger partial charge in [-0.3, -0.25) is 4.98 Å². The van der Waals surface area contributed by atoms with Crippen molar-refractivity contribution in [3.63, 3.8) is 0 Å². The van der Waals surface area contributed by atoms with E-state index in [0.717, 1.165) is 9.88 Å². The predicted molar refractivity (Wildman–Crippen MR) is 76.2 cm³/mol. The summed E-state index contributed by atoms with van der Waals surface area (Å²) in [5.41, 5.74) is 1.06. The number of thiocarbonyl (C=S) groups is 1. The lowest BCUT2D eigenvalue weighted by molar-refractivity contribution is 0.355. The summed E-state index contributed by atoms with van der Waals surface area (Å²) in [4.78, 5) is 6.10. The molecule has 0 saturated carbocycles. The summed E-state index contributed by atoms with van der Waals surface area (Å²) in [6, 6.07) is 3.90. The highest BCUT2D eigenvalue weighted by atomic mass is 32.2. The number of pyridine rings is 1. The van der Waals surface area contributed by atoms with Crippen LogP contribution in [0.4, 0.5) is 0 Å². The van der Waals surface area contributed by atoms with E-state index in [9.17, 15) is 8.42 Å². The Bertz CT molecular complexity index is 573. The van der Waals surface area contributed by atoms with Crippen LogP contribution in [0.5, 0.6) is 0 Å². The van der Waals surface area contributed by atoms with Crippen molar-refractivity contribution in [1.29, 1.82) is 0 Å². The summed E-state index contributed by atoms with van der Waals surface area (Å²) < 4.78 is 24.1. The Morgan fingerprint density at radius 2 is 2.33 bits per heavy atom. The summed E-state index contributed by atoms with van der Waals surface area (Å²) in [5, 5.41) is 0.110. The summed E-state index contributed by atoms with van der Waals surface area (Å²) >= 11 is 6.87. The molecular weight excluding hydrogens is 288 g/mol. The molecule has 96 valence electrons. The number of rotatable bonds is 2. The fraction of sp³-hybridized carbons (Fsp3) is 0.455. The number of thioether (sulfide) groups is 1. The molecule has 2 aliphatic heterocycles. The molecular formula is C11H12N2O2S3. The molecule has 0 aromatic carbocycles. The second-order valence-electron chi connectivity index (χ2n) is 4.56. The molecule has 2 aliphatic rings. The van der Waals surface area contributed by atoms with Gasteiger partial charge in [0.25, 0.3) is 0 Å². The van der Waals surface area contributed by atoms with E-state index in [-0.39, 0.29) is 22.8 Å². The minimum Gasteiger partial charge on any atom is -0.348 e. The van der Waals surface area contributed by atoms with Gasteiger partial charge in [-0.05, 0) is 11.6 Å². The molecule has 0 unspecified atom stereocenters. The maximum Gasteiger partial charge on any atom is 0.153 e. The van der Waals surface area contributed by atoms with Crippen molar-refractivity contribution in [2.24, 2.45) is 0 Å². The second kappa shape index (κ2) is 4.47. The van der Waals surface area contributed by atoms with E-state index >= 15 is 0 Å². The molecule has 3 rings (SSSR count). The lowest BCUT2D eigenvalue weighted by Gasteiger charge is -2.23. The van der Waals surface area contributed by atoms with Gasteiger partial charge in [0.15, 0.2) is 9.84 Å². The van der Waals surface area contributed by atoms with Gasteiger partial charge in [-0.2, -0.15) is 0 Å². The van der Waals surface area contributed by atoms with Crippen molar-refractivity contribution in [2.45, 2.75) is 17.8 Å². The zero-order chi connectivity index (χ0) is 12.8. The van der Waals surface area contributed by atoms with Crippen LogP contribution >= 0.6 is 24.0 Å². The average molecular weight is 300 g/mol. The Labute approximate surface area is 116 Å². The quantitative estimate of drug-likeness (QED) is 0.762. The molecule has 7 heteroatoms. The molecule has 0 bridgehead atoms. The van der Waals surface area contributed by atoms with E-state index in [1.54, 1.807) is 12.4 Å². The molecule has 3 heterocycles. The topological polar surface area (TPSA) is 50.3 Å². The highest BCUT2D eigenvalue weighted by Crippen LogP contribution is 2.38. The zero-order valence-electron chi connectivity index (χ0n) is 9.52. The van der Waals surface area contributed by atoms with Crippen LogP contribution in [0.15, 0.2) is 24.5 Å². The van der Waals surface area contributed by atoms with Gasteiger partial charge < -0.3 is 4.90 Å². The van der Waals surface area contributed by atoms with Crippen molar-refractivity contribution < 1.29 is 8.42 Å². The van der Waals surface area contributed by atoms with Crippen LogP contribution in [0, 0.1) is 0 Å². The van der Waals surface area contributed by atoms with Gasteiger partial charge in [0.2, 0.25) is 0 Å². The Morgan fingerprint density at radius 3 is 3.06 bits per heavy atom. The van der Waals surface area contributed by atoms with Crippen LogP contribution in [0.1, 0.15) is 5.56 Å². The maximum atomic E-state index is 11.7. The number of sulfone groups is 1. The normalized spacial score (nSPS) is 29.6. The van der Waals surface area contributed by atoms with E-state index < -0.39 is 9.84 Å². The molecule has 4 nitrogen and oxygen atoms in total. The minimum absolute atomic E-state index is 0.0349. The van der Waals surface area contributed by atoms with E-state index in [2.05, 4.69) is 4.98 Å². The standard InChI is InChI=1S/C11H12N2O2S3/c14-18(15)6-9-10(7-18)17-11(16)13(9)5-8-2-1-3-12-4-8/h1-4,9-10H,5-7H2/t9-,10+/m0/s1. The van der Waals surface area contributed by atoms with Crippen molar-refractivity contribution in [2.75, 3.05) is 11.5 Å². The van der Waals surface area contributed by atoms with E-state index in [1.807, 2.05) is 17.0 Å². The second-order valence-corrected chi connectivity index (χ2v) is 8.58. The van der Waals surface area contributed by atoms with Crippen LogP contribution in [0.25, 0.3) is 0 Å². The summed E-state index contributed by atoms with van der Waals surface area (Å²) in [5.74, 6) is 0.483. The first-order valence-corrected chi connectivity index (χ1v) is 8.73. The van der Waals surface area contributed by atoms with Gasteiger partial charge in [0.1, 0.15) is 4.32 Å². The molecule has 2 atom stereocenters. The van der Waals surface area contributed by atoms with Gasteiger partial charge in [-0.1, -0.05) is 30.0 Å². The molecule has 2 fully saturated rings. The van der Waals surface area contributed by atoms with E-state index in [1.165, 1.54) is 11.8 Å². The van der Waals surface area contributed by atoms with Crippen LogP contribution in [-0.2, 0) is 16.4 Å². The number of fused-ring (bicyclic) bond motifs is 1. The summed E-state index contributed by atoms with van der Waals surface area (Å²) in [6.45, 7) is 0.649. The lowest BCUT2D eigenvalue weighted by Crippen LogP contribution is -2.36. The monoisotopic (exact) mass is 300 g/mol. The Kier molecular flexibility index (Phi) is 3.07. The molecule has 0 amide bonds. The van der Waals surface area contributed by atoms with Crippen molar-refractivity contribution in [1.82, 2.24) is 9.88 Å². The average Bonchev–Trinajstić information content (AvgIpc) is 2.74. The van der Waals surface area contributed by atoms with Crippen molar-refractivity contribution in [3.05, 3.63) is 30.1 Å². The predicted octanol–water partition coefficient (Wildman–Crippen LogP) is 1.08. The van der Waals surface area contributed by atoms with Crippen LogP contribution in [-0.4, -0.2) is 45.4 Å². The molecule has 0 radical (unpaired) electrons. The Balaban J connectivity index is 1.82. The number of nitrogens with zero attached hydrogens (tertiary/aromatic N) is 2. The molecule has 2 saturated heterocycles. The third-order valence-corrected chi connectivity index (χ3v) is 6.91. The van der Waals surface area contributed by atoms with Gasteiger partial charge in [-0.15, -0.1) is 0 Å².